The monoisotopic (exact) mass is 411 g/mol. The third-order valence-electron chi connectivity index (χ3n) is 3.27. The highest BCUT2D eigenvalue weighted by molar-refractivity contribution is 9.10. The van der Waals surface area contributed by atoms with Gasteiger partial charge in [-0.25, -0.2) is 4.79 Å². The van der Waals surface area contributed by atoms with Crippen molar-refractivity contribution in [3.8, 4) is 0 Å². The first-order chi connectivity index (χ1) is 9.97. The average Bonchev–Trinajstić information content (AvgIpc) is 2.46. The van der Waals surface area contributed by atoms with Gasteiger partial charge in [0.15, 0.2) is 0 Å². The molecule has 5 heteroatoms. The van der Waals surface area contributed by atoms with Crippen LogP contribution in [0.2, 0.25) is 0 Å². The lowest BCUT2D eigenvalue weighted by Crippen LogP contribution is -2.18. The lowest BCUT2D eigenvalue weighted by molar-refractivity contribution is 0.0697. The van der Waals surface area contributed by atoms with E-state index < -0.39 is 5.97 Å². The molecule has 21 heavy (non-hydrogen) atoms. The zero-order valence-corrected chi connectivity index (χ0v) is 14.6. The van der Waals surface area contributed by atoms with Crippen LogP contribution < -0.4 is 5.32 Å². The summed E-state index contributed by atoms with van der Waals surface area (Å²) in [5, 5.41) is 12.4. The zero-order valence-electron chi connectivity index (χ0n) is 11.4. The first-order valence-corrected chi connectivity index (χ1v) is 8.06. The maximum absolute atomic E-state index is 10.9. The number of carboxylic acid groups (broad SMARTS) is 1. The van der Waals surface area contributed by atoms with Crippen molar-refractivity contribution in [2.45, 2.75) is 19.5 Å². The van der Waals surface area contributed by atoms with Gasteiger partial charge in [0.25, 0.3) is 0 Å². The van der Waals surface area contributed by atoms with Gasteiger partial charge in [-0.2, -0.15) is 0 Å². The summed E-state index contributed by atoms with van der Waals surface area (Å²) in [5.74, 6) is -0.918. The van der Waals surface area contributed by atoms with E-state index in [0.717, 1.165) is 14.5 Å². The van der Waals surface area contributed by atoms with E-state index in [2.05, 4.69) is 56.2 Å². The molecule has 1 unspecified atom stereocenters. The molecular weight excluding hydrogens is 398 g/mol. The van der Waals surface area contributed by atoms with Crippen molar-refractivity contribution < 1.29 is 9.90 Å². The van der Waals surface area contributed by atoms with Gasteiger partial charge in [-0.3, -0.25) is 0 Å². The number of carboxylic acids is 1. The Morgan fingerprint density at radius 1 is 1.19 bits per heavy atom. The Morgan fingerprint density at radius 2 is 1.86 bits per heavy atom. The molecule has 2 aromatic carbocycles. The number of carbonyl (C=O) groups is 1. The van der Waals surface area contributed by atoms with Crippen LogP contribution in [0.15, 0.2) is 51.4 Å². The van der Waals surface area contributed by atoms with Gasteiger partial charge in [0.1, 0.15) is 0 Å². The first-order valence-electron chi connectivity index (χ1n) is 6.48. The van der Waals surface area contributed by atoms with E-state index >= 15 is 0 Å². The van der Waals surface area contributed by atoms with Crippen molar-refractivity contribution in [3.63, 3.8) is 0 Å². The zero-order chi connectivity index (χ0) is 15.4. The summed E-state index contributed by atoms with van der Waals surface area (Å²) < 4.78 is 1.86. The summed E-state index contributed by atoms with van der Waals surface area (Å²) in [6, 6.07) is 13.5. The number of rotatable bonds is 5. The lowest BCUT2D eigenvalue weighted by Gasteiger charge is -2.15. The van der Waals surface area contributed by atoms with Crippen LogP contribution in [-0.2, 0) is 6.54 Å². The molecule has 0 aliphatic heterocycles. The number of nitrogens with one attached hydrogen (secondary N) is 1. The minimum Gasteiger partial charge on any atom is -0.478 e. The van der Waals surface area contributed by atoms with Crippen molar-refractivity contribution in [2.24, 2.45) is 0 Å². The molecule has 0 saturated heterocycles. The maximum Gasteiger partial charge on any atom is 0.335 e. The molecule has 0 radical (unpaired) electrons. The molecule has 0 aliphatic rings. The van der Waals surface area contributed by atoms with Crippen LogP contribution in [0.5, 0.6) is 0 Å². The predicted octanol–water partition coefficient (Wildman–Crippen LogP) is 4.76. The molecule has 0 saturated carbocycles. The molecule has 3 nitrogen and oxygen atoms in total. The van der Waals surface area contributed by atoms with E-state index in [4.69, 9.17) is 5.11 Å². The maximum atomic E-state index is 10.9. The molecule has 2 aromatic rings. The second kappa shape index (κ2) is 7.20. The summed E-state index contributed by atoms with van der Waals surface area (Å²) in [4.78, 5) is 10.9. The van der Waals surface area contributed by atoms with Crippen molar-refractivity contribution in [3.05, 3.63) is 68.1 Å². The predicted molar refractivity (Wildman–Crippen MR) is 90.5 cm³/mol. The minimum atomic E-state index is -0.918. The van der Waals surface area contributed by atoms with Gasteiger partial charge in [-0.05, 0) is 42.3 Å². The van der Waals surface area contributed by atoms with Gasteiger partial charge in [0.05, 0.1) is 5.56 Å². The van der Waals surface area contributed by atoms with E-state index in [-0.39, 0.29) is 11.6 Å². The second-order valence-electron chi connectivity index (χ2n) is 4.77. The van der Waals surface area contributed by atoms with E-state index in [1.165, 1.54) is 5.56 Å². The van der Waals surface area contributed by atoms with Gasteiger partial charge >= 0.3 is 5.97 Å². The molecule has 0 amide bonds. The van der Waals surface area contributed by atoms with Crippen LogP contribution in [0, 0.1) is 0 Å². The molecule has 0 aromatic heterocycles. The van der Waals surface area contributed by atoms with Gasteiger partial charge in [0.2, 0.25) is 0 Å². The SMILES string of the molecule is CC(NCc1ccc(C(=O)O)cc1Br)c1ccc(Br)cc1. The molecule has 2 rings (SSSR count). The standard InChI is InChI=1S/C16H15Br2NO2/c1-10(11-4-6-14(17)7-5-11)19-9-13-3-2-12(16(20)21)8-15(13)18/h2-8,10,19H,9H2,1H3,(H,20,21). The lowest BCUT2D eigenvalue weighted by atomic mass is 10.1. The Bertz CT molecular complexity index is 641. The van der Waals surface area contributed by atoms with Crippen molar-refractivity contribution in [1.29, 1.82) is 0 Å². The molecule has 0 fully saturated rings. The normalized spacial score (nSPS) is 12.1. The van der Waals surface area contributed by atoms with E-state index in [1.807, 2.05) is 18.2 Å². The number of hydrogen-bond donors (Lipinski definition) is 2. The van der Waals surface area contributed by atoms with Crippen LogP contribution in [-0.4, -0.2) is 11.1 Å². The molecule has 110 valence electrons. The van der Waals surface area contributed by atoms with Crippen LogP contribution in [0.4, 0.5) is 0 Å². The molecule has 0 heterocycles. The fraction of sp³-hybridized carbons (Fsp3) is 0.188. The molecule has 0 aliphatic carbocycles. The average molecular weight is 413 g/mol. The Kier molecular flexibility index (Phi) is 5.56. The molecule has 0 bridgehead atoms. The molecule has 1 atom stereocenters. The Labute approximate surface area is 140 Å². The highest BCUT2D eigenvalue weighted by Gasteiger charge is 2.09. The van der Waals surface area contributed by atoms with E-state index in [0.29, 0.717) is 6.54 Å². The number of halogens is 2. The Hall–Kier alpha value is -1.17. The first kappa shape index (κ1) is 16.2. The number of hydrogen-bond acceptors (Lipinski definition) is 2. The Morgan fingerprint density at radius 3 is 2.43 bits per heavy atom. The smallest absolute Gasteiger partial charge is 0.335 e. The van der Waals surface area contributed by atoms with Crippen LogP contribution in [0.25, 0.3) is 0 Å². The number of aromatic carboxylic acids is 1. The van der Waals surface area contributed by atoms with Gasteiger partial charge in [-0.1, -0.05) is 50.1 Å². The van der Waals surface area contributed by atoms with Gasteiger partial charge in [-0.15, -0.1) is 0 Å². The largest absolute Gasteiger partial charge is 0.478 e. The third kappa shape index (κ3) is 4.40. The summed E-state index contributed by atoms with van der Waals surface area (Å²) in [5.41, 5.74) is 2.52. The van der Waals surface area contributed by atoms with Crippen molar-refractivity contribution in [1.82, 2.24) is 5.32 Å². The minimum absolute atomic E-state index is 0.212. The number of benzene rings is 2. The van der Waals surface area contributed by atoms with Crippen molar-refractivity contribution in [2.75, 3.05) is 0 Å². The second-order valence-corrected chi connectivity index (χ2v) is 6.54. The highest BCUT2D eigenvalue weighted by Crippen LogP contribution is 2.21. The van der Waals surface area contributed by atoms with Crippen LogP contribution in [0.3, 0.4) is 0 Å². The van der Waals surface area contributed by atoms with E-state index in [1.54, 1.807) is 12.1 Å². The highest BCUT2D eigenvalue weighted by atomic mass is 79.9. The summed E-state index contributed by atoms with van der Waals surface area (Å²) in [6.45, 7) is 2.76. The topological polar surface area (TPSA) is 49.3 Å². The van der Waals surface area contributed by atoms with E-state index in [9.17, 15) is 4.79 Å². The molecule has 0 spiro atoms. The third-order valence-corrected chi connectivity index (χ3v) is 4.54. The van der Waals surface area contributed by atoms with Crippen molar-refractivity contribution >= 4 is 37.8 Å². The summed E-state index contributed by atoms with van der Waals surface area (Å²) in [6.07, 6.45) is 0. The fourth-order valence-electron chi connectivity index (χ4n) is 1.96. The summed E-state index contributed by atoms with van der Waals surface area (Å²) in [7, 11) is 0. The quantitative estimate of drug-likeness (QED) is 0.744. The fourth-order valence-corrected chi connectivity index (χ4v) is 2.74. The Balaban J connectivity index is 2.02. The molecular formula is C16H15Br2NO2. The van der Waals surface area contributed by atoms with Gasteiger partial charge < -0.3 is 10.4 Å². The molecule has 2 N–H and O–H groups in total. The summed E-state index contributed by atoms with van der Waals surface area (Å²) >= 11 is 6.85. The van der Waals surface area contributed by atoms with Crippen LogP contribution in [0.1, 0.15) is 34.5 Å². The van der Waals surface area contributed by atoms with Gasteiger partial charge in [0, 0.05) is 21.5 Å². The van der Waals surface area contributed by atoms with Crippen LogP contribution >= 0.6 is 31.9 Å².